The third kappa shape index (κ3) is 3.76. The van der Waals surface area contributed by atoms with Crippen LogP contribution in [-0.2, 0) is 0 Å². The number of benzene rings is 2. The number of para-hydroxylation sites is 1. The molecule has 1 atom stereocenters. The molecular weight excluding hydrogens is 250 g/mol. The van der Waals surface area contributed by atoms with Crippen LogP contribution in [0.15, 0.2) is 48.5 Å². The van der Waals surface area contributed by atoms with Crippen LogP contribution in [0.3, 0.4) is 0 Å². The summed E-state index contributed by atoms with van der Waals surface area (Å²) < 4.78 is 31.6. The van der Waals surface area contributed by atoms with Crippen molar-refractivity contribution in [3.8, 4) is 5.75 Å². The topological polar surface area (TPSA) is 29.5 Å². The normalized spacial score (nSPS) is 12.2. The smallest absolute Gasteiger partial charge is 0.131 e. The van der Waals surface area contributed by atoms with Crippen LogP contribution in [-0.4, -0.2) is 11.7 Å². The summed E-state index contributed by atoms with van der Waals surface area (Å²) in [6.45, 7) is 0.252. The van der Waals surface area contributed by atoms with Gasteiger partial charge in [-0.3, -0.25) is 0 Å². The number of hydrogen-bond acceptors (Lipinski definition) is 2. The van der Waals surface area contributed by atoms with Gasteiger partial charge in [-0.05, 0) is 18.2 Å². The van der Waals surface area contributed by atoms with Gasteiger partial charge in [-0.1, -0.05) is 24.3 Å². The van der Waals surface area contributed by atoms with Gasteiger partial charge in [-0.15, -0.1) is 0 Å². The highest BCUT2D eigenvalue weighted by Gasteiger charge is 2.13. The van der Waals surface area contributed by atoms with Gasteiger partial charge in [0.2, 0.25) is 0 Å². The second-order valence-electron chi connectivity index (χ2n) is 4.13. The molecule has 1 N–H and O–H groups in total. The molecule has 4 heteroatoms. The molecule has 2 aromatic rings. The van der Waals surface area contributed by atoms with Gasteiger partial charge in [0.25, 0.3) is 0 Å². The lowest BCUT2D eigenvalue weighted by Crippen LogP contribution is -2.07. The van der Waals surface area contributed by atoms with Crippen molar-refractivity contribution < 1.29 is 18.6 Å². The van der Waals surface area contributed by atoms with Gasteiger partial charge in [0.1, 0.15) is 17.4 Å². The van der Waals surface area contributed by atoms with E-state index in [1.807, 2.05) is 18.2 Å². The zero-order valence-corrected chi connectivity index (χ0v) is 10.2. The van der Waals surface area contributed by atoms with Gasteiger partial charge in [0.15, 0.2) is 0 Å². The lowest BCUT2D eigenvalue weighted by Gasteiger charge is -2.12. The summed E-state index contributed by atoms with van der Waals surface area (Å²) in [4.78, 5) is 0. The van der Waals surface area contributed by atoms with Gasteiger partial charge in [0, 0.05) is 18.1 Å². The second kappa shape index (κ2) is 6.29. The van der Waals surface area contributed by atoms with Crippen molar-refractivity contribution in [1.29, 1.82) is 0 Å². The molecule has 0 saturated carbocycles. The van der Waals surface area contributed by atoms with Crippen LogP contribution in [0.4, 0.5) is 8.78 Å². The summed E-state index contributed by atoms with van der Waals surface area (Å²) in [6.07, 6.45) is -0.776. The van der Waals surface area contributed by atoms with E-state index < -0.39 is 17.7 Å². The first-order valence-corrected chi connectivity index (χ1v) is 5.97. The zero-order valence-electron chi connectivity index (χ0n) is 10.2. The Morgan fingerprint density at radius 2 is 1.79 bits per heavy atom. The van der Waals surface area contributed by atoms with E-state index in [4.69, 9.17) is 4.74 Å². The minimum atomic E-state index is -1.01. The van der Waals surface area contributed by atoms with Crippen molar-refractivity contribution in [2.75, 3.05) is 6.61 Å². The van der Waals surface area contributed by atoms with Crippen molar-refractivity contribution in [3.63, 3.8) is 0 Å². The maximum atomic E-state index is 13.4. The van der Waals surface area contributed by atoms with Gasteiger partial charge in [-0.25, -0.2) is 8.78 Å². The fourth-order valence-electron chi connectivity index (χ4n) is 1.73. The van der Waals surface area contributed by atoms with Gasteiger partial charge >= 0.3 is 0 Å². The average molecular weight is 264 g/mol. The molecule has 1 unspecified atom stereocenters. The van der Waals surface area contributed by atoms with Gasteiger partial charge in [0.05, 0.1) is 12.7 Å². The fraction of sp³-hybridized carbons (Fsp3) is 0.200. The Morgan fingerprint density at radius 3 is 2.47 bits per heavy atom. The van der Waals surface area contributed by atoms with Crippen LogP contribution in [0.1, 0.15) is 18.1 Å². The Hall–Kier alpha value is -1.94. The number of hydrogen-bond donors (Lipinski definition) is 1. The zero-order chi connectivity index (χ0) is 13.7. The minimum absolute atomic E-state index is 0.0815. The summed E-state index contributed by atoms with van der Waals surface area (Å²) in [5, 5.41) is 9.83. The number of rotatable bonds is 5. The van der Waals surface area contributed by atoms with E-state index in [0.29, 0.717) is 5.75 Å². The Bertz CT molecular complexity index is 529. The molecule has 0 saturated heterocycles. The van der Waals surface area contributed by atoms with Crippen LogP contribution in [0.5, 0.6) is 5.75 Å². The molecule has 0 aliphatic heterocycles. The Balaban J connectivity index is 1.89. The van der Waals surface area contributed by atoms with Crippen molar-refractivity contribution in [2.24, 2.45) is 0 Å². The van der Waals surface area contributed by atoms with Crippen molar-refractivity contribution in [2.45, 2.75) is 12.5 Å². The first-order chi connectivity index (χ1) is 9.16. The van der Waals surface area contributed by atoms with Crippen molar-refractivity contribution in [3.05, 3.63) is 65.7 Å². The largest absolute Gasteiger partial charge is 0.493 e. The Kier molecular flexibility index (Phi) is 4.47. The maximum Gasteiger partial charge on any atom is 0.131 e. The molecule has 0 amide bonds. The van der Waals surface area contributed by atoms with Crippen LogP contribution < -0.4 is 4.74 Å². The third-order valence-electron chi connectivity index (χ3n) is 2.72. The molecule has 0 aliphatic carbocycles. The molecular formula is C15H14F2O2. The number of aliphatic hydroxyl groups excluding tert-OH is 1. The van der Waals surface area contributed by atoms with Crippen LogP contribution in [0.2, 0.25) is 0 Å². The summed E-state index contributed by atoms with van der Waals surface area (Å²) in [6, 6.07) is 12.3. The van der Waals surface area contributed by atoms with Gasteiger partial charge in [-0.2, -0.15) is 0 Å². The maximum absolute atomic E-state index is 13.4. The molecule has 0 heterocycles. The fourth-order valence-corrected chi connectivity index (χ4v) is 1.73. The predicted molar refractivity (Wildman–Crippen MR) is 67.9 cm³/mol. The summed E-state index contributed by atoms with van der Waals surface area (Å²) in [5.41, 5.74) is 0.0815. The molecule has 0 spiro atoms. The molecule has 100 valence electrons. The molecule has 0 bridgehead atoms. The third-order valence-corrected chi connectivity index (χ3v) is 2.72. The molecule has 0 radical (unpaired) electrons. The van der Waals surface area contributed by atoms with Crippen molar-refractivity contribution in [1.82, 2.24) is 0 Å². The molecule has 2 rings (SSSR count). The number of halogens is 2. The average Bonchev–Trinajstić information content (AvgIpc) is 2.39. The van der Waals surface area contributed by atoms with Crippen LogP contribution in [0.25, 0.3) is 0 Å². The lowest BCUT2D eigenvalue weighted by atomic mass is 10.1. The first-order valence-electron chi connectivity index (χ1n) is 5.97. The molecule has 0 aliphatic rings. The predicted octanol–water partition coefficient (Wildman–Crippen LogP) is 3.47. The van der Waals surface area contributed by atoms with E-state index >= 15 is 0 Å². The number of aliphatic hydroxyl groups is 1. The van der Waals surface area contributed by atoms with E-state index in [9.17, 15) is 13.9 Å². The quantitative estimate of drug-likeness (QED) is 0.896. The van der Waals surface area contributed by atoms with E-state index in [1.165, 1.54) is 6.07 Å². The first kappa shape index (κ1) is 13.5. The SMILES string of the molecule is OC(CCOc1ccccc1)c1ccc(F)cc1F. The molecule has 0 fully saturated rings. The molecule has 19 heavy (non-hydrogen) atoms. The molecule has 2 nitrogen and oxygen atoms in total. The van der Waals surface area contributed by atoms with Crippen LogP contribution >= 0.6 is 0 Å². The van der Waals surface area contributed by atoms with Gasteiger partial charge < -0.3 is 9.84 Å². The van der Waals surface area contributed by atoms with E-state index in [2.05, 4.69) is 0 Å². The van der Waals surface area contributed by atoms with E-state index in [0.717, 1.165) is 12.1 Å². The number of ether oxygens (including phenoxy) is 1. The highest BCUT2D eigenvalue weighted by atomic mass is 19.1. The minimum Gasteiger partial charge on any atom is -0.493 e. The summed E-state index contributed by atoms with van der Waals surface area (Å²) in [7, 11) is 0. The molecule has 0 aromatic heterocycles. The van der Waals surface area contributed by atoms with E-state index in [-0.39, 0.29) is 18.6 Å². The Labute approximate surface area is 110 Å². The molecule has 2 aromatic carbocycles. The van der Waals surface area contributed by atoms with Crippen molar-refractivity contribution >= 4 is 0 Å². The summed E-state index contributed by atoms with van der Waals surface area (Å²) >= 11 is 0. The Morgan fingerprint density at radius 1 is 1.05 bits per heavy atom. The van der Waals surface area contributed by atoms with E-state index in [1.54, 1.807) is 12.1 Å². The lowest BCUT2D eigenvalue weighted by molar-refractivity contribution is 0.137. The van der Waals surface area contributed by atoms with Crippen LogP contribution in [0, 0.1) is 11.6 Å². The standard InChI is InChI=1S/C15H14F2O2/c16-11-6-7-13(14(17)10-11)15(18)8-9-19-12-4-2-1-3-5-12/h1-7,10,15,18H,8-9H2. The highest BCUT2D eigenvalue weighted by molar-refractivity contribution is 5.22. The summed E-state index contributed by atoms with van der Waals surface area (Å²) in [5.74, 6) is -0.713. The monoisotopic (exact) mass is 264 g/mol. The second-order valence-corrected chi connectivity index (χ2v) is 4.13. The highest BCUT2D eigenvalue weighted by Crippen LogP contribution is 2.21.